The summed E-state index contributed by atoms with van der Waals surface area (Å²) in [5.74, 6) is 0.0890. The van der Waals surface area contributed by atoms with Crippen LogP contribution < -0.4 is 5.32 Å². The molecule has 0 spiro atoms. The van der Waals surface area contributed by atoms with Gasteiger partial charge < -0.3 is 9.88 Å². The SMILES string of the molecule is CCn1cnnc1CNc1cc(F)ccc1[N+](=O)[O-]. The molecular weight excluding hydrogens is 253 g/mol. The molecule has 1 N–H and O–H groups in total. The Kier molecular flexibility index (Phi) is 3.69. The summed E-state index contributed by atoms with van der Waals surface area (Å²) in [6.45, 7) is 2.85. The number of nitrogens with zero attached hydrogens (tertiary/aromatic N) is 4. The van der Waals surface area contributed by atoms with Crippen molar-refractivity contribution in [3.63, 3.8) is 0 Å². The van der Waals surface area contributed by atoms with Crippen molar-refractivity contribution < 1.29 is 9.31 Å². The monoisotopic (exact) mass is 265 g/mol. The fourth-order valence-corrected chi connectivity index (χ4v) is 1.66. The number of aromatic nitrogens is 3. The van der Waals surface area contributed by atoms with Crippen molar-refractivity contribution in [1.29, 1.82) is 0 Å². The van der Waals surface area contributed by atoms with Crippen molar-refractivity contribution in [1.82, 2.24) is 14.8 Å². The molecule has 0 aliphatic heterocycles. The van der Waals surface area contributed by atoms with Gasteiger partial charge in [-0.1, -0.05) is 0 Å². The van der Waals surface area contributed by atoms with Gasteiger partial charge in [0.05, 0.1) is 11.5 Å². The van der Waals surface area contributed by atoms with Crippen molar-refractivity contribution >= 4 is 11.4 Å². The van der Waals surface area contributed by atoms with Gasteiger partial charge in [0.25, 0.3) is 5.69 Å². The molecule has 0 amide bonds. The third-order valence-corrected chi connectivity index (χ3v) is 2.63. The van der Waals surface area contributed by atoms with Gasteiger partial charge >= 0.3 is 0 Å². The number of aryl methyl sites for hydroxylation is 1. The van der Waals surface area contributed by atoms with E-state index in [0.29, 0.717) is 12.4 Å². The lowest BCUT2D eigenvalue weighted by Gasteiger charge is -2.07. The maximum atomic E-state index is 13.1. The van der Waals surface area contributed by atoms with E-state index in [4.69, 9.17) is 0 Å². The van der Waals surface area contributed by atoms with Crippen molar-refractivity contribution in [3.8, 4) is 0 Å². The van der Waals surface area contributed by atoms with Crippen LogP contribution in [0.2, 0.25) is 0 Å². The minimum absolute atomic E-state index is 0.121. The fourth-order valence-electron chi connectivity index (χ4n) is 1.66. The van der Waals surface area contributed by atoms with Crippen molar-refractivity contribution in [2.24, 2.45) is 0 Å². The Balaban J connectivity index is 2.19. The lowest BCUT2D eigenvalue weighted by Crippen LogP contribution is -2.09. The second-order valence-corrected chi connectivity index (χ2v) is 3.81. The Bertz CT molecular complexity index is 599. The van der Waals surface area contributed by atoms with Crippen molar-refractivity contribution in [2.45, 2.75) is 20.0 Å². The summed E-state index contributed by atoms with van der Waals surface area (Å²) < 4.78 is 14.9. The molecule has 0 unspecified atom stereocenters. The molecule has 0 aliphatic rings. The van der Waals surface area contributed by atoms with Gasteiger partial charge in [0.15, 0.2) is 5.82 Å². The highest BCUT2D eigenvalue weighted by Crippen LogP contribution is 2.25. The molecule has 0 radical (unpaired) electrons. The topological polar surface area (TPSA) is 85.9 Å². The van der Waals surface area contributed by atoms with E-state index >= 15 is 0 Å². The largest absolute Gasteiger partial charge is 0.372 e. The maximum Gasteiger partial charge on any atom is 0.292 e. The molecule has 100 valence electrons. The van der Waals surface area contributed by atoms with Crippen LogP contribution in [0.4, 0.5) is 15.8 Å². The quantitative estimate of drug-likeness (QED) is 0.659. The molecule has 0 aliphatic carbocycles. The van der Waals surface area contributed by atoms with E-state index in [1.165, 1.54) is 0 Å². The van der Waals surface area contributed by atoms with E-state index in [-0.39, 0.29) is 17.9 Å². The lowest BCUT2D eigenvalue weighted by molar-refractivity contribution is -0.384. The van der Waals surface area contributed by atoms with Crippen LogP contribution in [-0.4, -0.2) is 19.7 Å². The second kappa shape index (κ2) is 5.42. The standard InChI is InChI=1S/C11H12FN5O2/c1-2-16-7-14-15-11(16)6-13-9-5-8(12)3-4-10(9)17(18)19/h3-5,7,13H,2,6H2,1H3. The third-order valence-electron chi connectivity index (χ3n) is 2.63. The highest BCUT2D eigenvalue weighted by atomic mass is 19.1. The number of hydrogen-bond acceptors (Lipinski definition) is 5. The van der Waals surface area contributed by atoms with Gasteiger partial charge in [-0.15, -0.1) is 10.2 Å². The van der Waals surface area contributed by atoms with Gasteiger partial charge in [-0.2, -0.15) is 0 Å². The first-order valence-electron chi connectivity index (χ1n) is 5.66. The first-order valence-corrected chi connectivity index (χ1v) is 5.66. The molecule has 1 heterocycles. The Hall–Kier alpha value is -2.51. The van der Waals surface area contributed by atoms with Gasteiger partial charge in [0, 0.05) is 18.7 Å². The predicted octanol–water partition coefficient (Wildman–Crippen LogP) is 1.96. The van der Waals surface area contributed by atoms with E-state index in [1.807, 2.05) is 6.92 Å². The molecule has 7 nitrogen and oxygen atoms in total. The lowest BCUT2D eigenvalue weighted by atomic mass is 10.2. The van der Waals surface area contributed by atoms with Gasteiger partial charge in [-0.3, -0.25) is 10.1 Å². The van der Waals surface area contributed by atoms with Crippen LogP contribution in [-0.2, 0) is 13.1 Å². The predicted molar refractivity (Wildman–Crippen MR) is 66.1 cm³/mol. The molecule has 19 heavy (non-hydrogen) atoms. The fraction of sp³-hybridized carbons (Fsp3) is 0.273. The summed E-state index contributed by atoms with van der Waals surface area (Å²) in [5.41, 5.74) is -0.0559. The Labute approximate surface area is 108 Å². The summed E-state index contributed by atoms with van der Waals surface area (Å²) in [6, 6.07) is 3.27. The number of nitro groups is 1. The smallest absolute Gasteiger partial charge is 0.292 e. The average molecular weight is 265 g/mol. The number of rotatable bonds is 5. The zero-order chi connectivity index (χ0) is 13.8. The zero-order valence-corrected chi connectivity index (χ0v) is 10.2. The number of nitro benzene ring substituents is 1. The van der Waals surface area contributed by atoms with Gasteiger partial charge in [-0.05, 0) is 13.0 Å². The minimum Gasteiger partial charge on any atom is -0.372 e. The highest BCUT2D eigenvalue weighted by molar-refractivity contribution is 5.61. The number of nitrogens with one attached hydrogen (secondary N) is 1. The summed E-state index contributed by atoms with van der Waals surface area (Å²) in [7, 11) is 0. The molecule has 2 aromatic rings. The van der Waals surface area contributed by atoms with Crippen LogP contribution in [0.25, 0.3) is 0 Å². The number of halogens is 1. The Morgan fingerprint density at radius 2 is 2.32 bits per heavy atom. The maximum absolute atomic E-state index is 13.1. The third kappa shape index (κ3) is 2.84. The normalized spacial score (nSPS) is 10.4. The molecular formula is C11H12FN5O2. The molecule has 2 rings (SSSR count). The Morgan fingerprint density at radius 1 is 1.53 bits per heavy atom. The minimum atomic E-state index is -0.563. The average Bonchev–Trinajstić information content (AvgIpc) is 2.83. The van der Waals surface area contributed by atoms with Crippen LogP contribution in [0.5, 0.6) is 0 Å². The molecule has 0 fully saturated rings. The van der Waals surface area contributed by atoms with E-state index < -0.39 is 10.7 Å². The van der Waals surface area contributed by atoms with Gasteiger partial charge in [0.2, 0.25) is 0 Å². The van der Waals surface area contributed by atoms with Crippen LogP contribution in [0.3, 0.4) is 0 Å². The molecule has 1 aromatic heterocycles. The number of anilines is 1. The Morgan fingerprint density at radius 3 is 3.00 bits per heavy atom. The molecule has 0 bridgehead atoms. The van der Waals surface area contributed by atoms with Gasteiger partial charge in [-0.25, -0.2) is 4.39 Å². The summed E-state index contributed by atoms with van der Waals surface area (Å²) in [4.78, 5) is 10.3. The van der Waals surface area contributed by atoms with Crippen LogP contribution in [0.1, 0.15) is 12.7 Å². The molecule has 8 heteroatoms. The summed E-state index contributed by atoms with van der Waals surface area (Å²) in [6.07, 6.45) is 1.57. The second-order valence-electron chi connectivity index (χ2n) is 3.81. The summed E-state index contributed by atoms with van der Waals surface area (Å²) in [5, 5.41) is 21.3. The van der Waals surface area contributed by atoms with E-state index in [0.717, 1.165) is 18.2 Å². The molecule has 1 aromatic carbocycles. The van der Waals surface area contributed by atoms with Crippen LogP contribution >= 0.6 is 0 Å². The first-order chi connectivity index (χ1) is 9.11. The molecule has 0 saturated carbocycles. The van der Waals surface area contributed by atoms with Crippen molar-refractivity contribution in [2.75, 3.05) is 5.32 Å². The number of benzene rings is 1. The first kappa shape index (κ1) is 12.9. The zero-order valence-electron chi connectivity index (χ0n) is 10.2. The summed E-state index contributed by atoms with van der Waals surface area (Å²) >= 11 is 0. The van der Waals surface area contributed by atoms with Gasteiger partial charge in [0.1, 0.15) is 17.8 Å². The van der Waals surface area contributed by atoms with Crippen LogP contribution in [0, 0.1) is 15.9 Å². The molecule has 0 saturated heterocycles. The van der Waals surface area contributed by atoms with E-state index in [9.17, 15) is 14.5 Å². The molecule has 0 atom stereocenters. The van der Waals surface area contributed by atoms with E-state index in [1.54, 1.807) is 10.9 Å². The van der Waals surface area contributed by atoms with E-state index in [2.05, 4.69) is 15.5 Å². The highest BCUT2D eigenvalue weighted by Gasteiger charge is 2.14. The van der Waals surface area contributed by atoms with Crippen molar-refractivity contribution in [3.05, 3.63) is 46.3 Å². The van der Waals surface area contributed by atoms with Crippen LogP contribution in [0.15, 0.2) is 24.5 Å². The number of hydrogen-bond donors (Lipinski definition) is 1.